The fourth-order valence-electron chi connectivity index (χ4n) is 3.18. The molecular formula is C20H26N2O2S. The number of rotatable bonds is 5. The van der Waals surface area contributed by atoms with E-state index in [0.717, 1.165) is 30.8 Å². The van der Waals surface area contributed by atoms with Crippen molar-refractivity contribution in [3.8, 4) is 0 Å². The Bertz CT molecular complexity index is 808. The molecule has 3 rings (SSSR count). The fraction of sp³-hybridized carbons (Fsp3) is 0.400. The summed E-state index contributed by atoms with van der Waals surface area (Å²) in [6.07, 6.45) is 0. The van der Waals surface area contributed by atoms with Crippen molar-refractivity contribution in [2.75, 3.05) is 26.2 Å². The van der Waals surface area contributed by atoms with Gasteiger partial charge in [0.1, 0.15) is 0 Å². The lowest BCUT2D eigenvalue weighted by molar-refractivity contribution is 0.181. The standard InChI is InChI=1S/C20H26N2O2S/c1-17-7-9-19(10-8-17)15-21-11-13-22(14-12-21)25(23,24)16-20-6-4-3-5-18(20)2/h3-10H,11-16H2,1-2H3. The first-order valence-electron chi connectivity index (χ1n) is 8.74. The highest BCUT2D eigenvalue weighted by molar-refractivity contribution is 7.88. The van der Waals surface area contributed by atoms with E-state index in [1.54, 1.807) is 4.31 Å². The zero-order valence-corrected chi connectivity index (χ0v) is 15.8. The molecule has 1 saturated heterocycles. The molecule has 25 heavy (non-hydrogen) atoms. The van der Waals surface area contributed by atoms with E-state index in [1.807, 2.05) is 31.2 Å². The van der Waals surface area contributed by atoms with Crippen LogP contribution in [0.15, 0.2) is 48.5 Å². The van der Waals surface area contributed by atoms with Gasteiger partial charge in [0.25, 0.3) is 0 Å². The molecule has 0 aliphatic carbocycles. The van der Waals surface area contributed by atoms with Gasteiger partial charge in [-0.25, -0.2) is 8.42 Å². The average Bonchev–Trinajstić information content (AvgIpc) is 2.59. The summed E-state index contributed by atoms with van der Waals surface area (Å²) in [4.78, 5) is 2.32. The van der Waals surface area contributed by atoms with Crippen molar-refractivity contribution in [2.45, 2.75) is 26.1 Å². The first kappa shape index (κ1) is 18.1. The molecule has 0 atom stereocenters. The zero-order valence-electron chi connectivity index (χ0n) is 15.0. The molecule has 1 fully saturated rings. The van der Waals surface area contributed by atoms with Crippen LogP contribution in [0.1, 0.15) is 22.3 Å². The van der Waals surface area contributed by atoms with E-state index in [2.05, 4.69) is 36.1 Å². The molecule has 1 aliphatic rings. The van der Waals surface area contributed by atoms with Crippen LogP contribution in [0.4, 0.5) is 0 Å². The number of piperazine rings is 1. The number of hydrogen-bond acceptors (Lipinski definition) is 3. The third-order valence-electron chi connectivity index (χ3n) is 4.85. The van der Waals surface area contributed by atoms with Gasteiger partial charge in [-0.3, -0.25) is 4.90 Å². The first-order chi connectivity index (χ1) is 11.9. The van der Waals surface area contributed by atoms with E-state index in [9.17, 15) is 8.42 Å². The zero-order chi connectivity index (χ0) is 17.9. The van der Waals surface area contributed by atoms with Crippen LogP contribution in [0, 0.1) is 13.8 Å². The smallest absolute Gasteiger partial charge is 0.218 e. The molecule has 4 nitrogen and oxygen atoms in total. The molecule has 1 heterocycles. The molecule has 0 amide bonds. The minimum Gasteiger partial charge on any atom is -0.296 e. The Morgan fingerprint density at radius 2 is 1.52 bits per heavy atom. The number of benzene rings is 2. The van der Waals surface area contributed by atoms with Crippen molar-refractivity contribution in [1.82, 2.24) is 9.21 Å². The fourth-order valence-corrected chi connectivity index (χ4v) is 4.80. The second-order valence-corrected chi connectivity index (χ2v) is 8.81. The van der Waals surface area contributed by atoms with Crippen molar-refractivity contribution in [3.05, 3.63) is 70.8 Å². The molecule has 2 aromatic carbocycles. The maximum Gasteiger partial charge on any atom is 0.218 e. The second-order valence-electron chi connectivity index (χ2n) is 6.84. The monoisotopic (exact) mass is 358 g/mol. The summed E-state index contributed by atoms with van der Waals surface area (Å²) in [6, 6.07) is 16.3. The number of aryl methyl sites for hydroxylation is 2. The van der Waals surface area contributed by atoms with Crippen molar-refractivity contribution in [3.63, 3.8) is 0 Å². The molecule has 0 radical (unpaired) electrons. The first-order valence-corrected chi connectivity index (χ1v) is 10.4. The van der Waals surface area contributed by atoms with Gasteiger partial charge in [0.05, 0.1) is 5.75 Å². The average molecular weight is 359 g/mol. The van der Waals surface area contributed by atoms with E-state index in [0.29, 0.717) is 13.1 Å². The molecule has 5 heteroatoms. The topological polar surface area (TPSA) is 40.6 Å². The normalized spacial score (nSPS) is 16.9. The molecule has 0 saturated carbocycles. The Morgan fingerprint density at radius 3 is 2.16 bits per heavy atom. The highest BCUT2D eigenvalue weighted by Gasteiger charge is 2.27. The van der Waals surface area contributed by atoms with E-state index in [-0.39, 0.29) is 5.75 Å². The Morgan fingerprint density at radius 1 is 0.880 bits per heavy atom. The number of hydrogen-bond donors (Lipinski definition) is 0. The second kappa shape index (κ2) is 7.68. The third-order valence-corrected chi connectivity index (χ3v) is 6.68. The van der Waals surface area contributed by atoms with Gasteiger partial charge in [0, 0.05) is 32.7 Å². The van der Waals surface area contributed by atoms with Gasteiger partial charge < -0.3 is 0 Å². The van der Waals surface area contributed by atoms with Crippen molar-refractivity contribution >= 4 is 10.0 Å². The molecule has 0 unspecified atom stereocenters. The van der Waals surface area contributed by atoms with Gasteiger partial charge in [0.2, 0.25) is 10.0 Å². The van der Waals surface area contributed by atoms with Crippen LogP contribution in [0.2, 0.25) is 0 Å². The highest BCUT2D eigenvalue weighted by Crippen LogP contribution is 2.17. The molecule has 0 spiro atoms. The summed E-state index contributed by atoms with van der Waals surface area (Å²) in [5, 5.41) is 0. The predicted octanol–water partition coefficient (Wildman–Crippen LogP) is 2.95. The Hall–Kier alpha value is -1.69. The van der Waals surface area contributed by atoms with Crippen LogP contribution in [0.3, 0.4) is 0 Å². The van der Waals surface area contributed by atoms with Crippen LogP contribution < -0.4 is 0 Å². The van der Waals surface area contributed by atoms with Crippen LogP contribution in [-0.4, -0.2) is 43.8 Å². The maximum absolute atomic E-state index is 12.7. The summed E-state index contributed by atoms with van der Waals surface area (Å²) in [7, 11) is -3.25. The van der Waals surface area contributed by atoms with Crippen molar-refractivity contribution in [1.29, 1.82) is 0 Å². The molecule has 134 valence electrons. The Kier molecular flexibility index (Phi) is 5.57. The Labute approximate surface area is 151 Å². The quantitative estimate of drug-likeness (QED) is 0.825. The Balaban J connectivity index is 1.57. The van der Waals surface area contributed by atoms with Gasteiger partial charge in [-0.05, 0) is 30.5 Å². The van der Waals surface area contributed by atoms with Gasteiger partial charge >= 0.3 is 0 Å². The van der Waals surface area contributed by atoms with Crippen LogP contribution >= 0.6 is 0 Å². The van der Waals surface area contributed by atoms with E-state index < -0.39 is 10.0 Å². The van der Waals surface area contributed by atoms with Crippen LogP contribution in [0.25, 0.3) is 0 Å². The number of sulfonamides is 1. The molecular weight excluding hydrogens is 332 g/mol. The molecule has 2 aromatic rings. The predicted molar refractivity (Wildman–Crippen MR) is 102 cm³/mol. The lowest BCUT2D eigenvalue weighted by Gasteiger charge is -2.34. The minimum absolute atomic E-state index is 0.0949. The summed E-state index contributed by atoms with van der Waals surface area (Å²) in [5.74, 6) is 0.0949. The van der Waals surface area contributed by atoms with E-state index in [4.69, 9.17) is 0 Å². The van der Waals surface area contributed by atoms with Crippen molar-refractivity contribution in [2.24, 2.45) is 0 Å². The summed E-state index contributed by atoms with van der Waals surface area (Å²) >= 11 is 0. The third kappa shape index (κ3) is 4.69. The largest absolute Gasteiger partial charge is 0.296 e. The minimum atomic E-state index is -3.25. The molecule has 0 N–H and O–H groups in total. The maximum atomic E-state index is 12.7. The number of nitrogens with zero attached hydrogens (tertiary/aromatic N) is 2. The van der Waals surface area contributed by atoms with Gasteiger partial charge in [-0.15, -0.1) is 0 Å². The van der Waals surface area contributed by atoms with Gasteiger partial charge in [-0.2, -0.15) is 4.31 Å². The molecule has 1 aliphatic heterocycles. The van der Waals surface area contributed by atoms with Gasteiger partial charge in [0.15, 0.2) is 0 Å². The molecule has 0 aromatic heterocycles. The van der Waals surface area contributed by atoms with E-state index in [1.165, 1.54) is 11.1 Å². The van der Waals surface area contributed by atoms with Crippen LogP contribution in [-0.2, 0) is 22.3 Å². The summed E-state index contributed by atoms with van der Waals surface area (Å²) < 4.78 is 27.1. The van der Waals surface area contributed by atoms with E-state index >= 15 is 0 Å². The summed E-state index contributed by atoms with van der Waals surface area (Å²) in [6.45, 7) is 7.63. The molecule has 0 bridgehead atoms. The lowest BCUT2D eigenvalue weighted by atomic mass is 10.1. The lowest BCUT2D eigenvalue weighted by Crippen LogP contribution is -2.48. The van der Waals surface area contributed by atoms with Gasteiger partial charge in [-0.1, -0.05) is 54.1 Å². The van der Waals surface area contributed by atoms with Crippen molar-refractivity contribution < 1.29 is 8.42 Å². The highest BCUT2D eigenvalue weighted by atomic mass is 32.2. The summed E-state index contributed by atoms with van der Waals surface area (Å²) in [5.41, 5.74) is 4.46. The SMILES string of the molecule is Cc1ccc(CN2CCN(S(=O)(=O)Cc3ccccc3C)CC2)cc1. The van der Waals surface area contributed by atoms with Crippen LogP contribution in [0.5, 0.6) is 0 Å².